The predicted molar refractivity (Wildman–Crippen MR) is 65.6 cm³/mol. The molecular formula is C12H18N4O2. The zero-order valence-corrected chi connectivity index (χ0v) is 10.9. The number of carbonyl (C=O) groups excluding carboxylic acids is 2. The minimum atomic E-state index is -0.385. The van der Waals surface area contributed by atoms with Gasteiger partial charge in [0.05, 0.1) is 25.1 Å². The Morgan fingerprint density at radius 1 is 1.50 bits per heavy atom. The molecule has 6 heteroatoms. The van der Waals surface area contributed by atoms with Gasteiger partial charge in [-0.3, -0.25) is 9.59 Å². The van der Waals surface area contributed by atoms with Gasteiger partial charge in [-0.05, 0) is 0 Å². The SMILES string of the molecule is CNC(=O)[C@@H]1CN(C(=O)C(C)C)Cc2cncn21. The van der Waals surface area contributed by atoms with Crippen molar-refractivity contribution in [3.05, 3.63) is 18.2 Å². The quantitative estimate of drug-likeness (QED) is 0.813. The van der Waals surface area contributed by atoms with Gasteiger partial charge in [-0.25, -0.2) is 4.98 Å². The fourth-order valence-corrected chi connectivity index (χ4v) is 2.20. The van der Waals surface area contributed by atoms with Crippen LogP contribution < -0.4 is 5.32 Å². The lowest BCUT2D eigenvalue weighted by Gasteiger charge is -2.34. The molecule has 18 heavy (non-hydrogen) atoms. The molecule has 1 atom stereocenters. The van der Waals surface area contributed by atoms with Crippen LogP contribution in [0.2, 0.25) is 0 Å². The maximum atomic E-state index is 12.1. The summed E-state index contributed by atoms with van der Waals surface area (Å²) in [6.07, 6.45) is 3.35. The van der Waals surface area contributed by atoms with Crippen LogP contribution in [0.1, 0.15) is 25.6 Å². The van der Waals surface area contributed by atoms with Gasteiger partial charge in [-0.15, -0.1) is 0 Å². The Kier molecular flexibility index (Phi) is 3.36. The van der Waals surface area contributed by atoms with Gasteiger partial charge >= 0.3 is 0 Å². The number of nitrogens with one attached hydrogen (secondary N) is 1. The summed E-state index contributed by atoms with van der Waals surface area (Å²) in [5.74, 6) is -0.100. The van der Waals surface area contributed by atoms with Gasteiger partial charge in [0.1, 0.15) is 6.04 Å². The Labute approximate surface area is 106 Å². The monoisotopic (exact) mass is 250 g/mol. The first-order valence-electron chi connectivity index (χ1n) is 6.05. The summed E-state index contributed by atoms with van der Waals surface area (Å²) in [6, 6.07) is -0.385. The first-order valence-corrected chi connectivity index (χ1v) is 6.05. The molecule has 0 spiro atoms. The van der Waals surface area contributed by atoms with Gasteiger partial charge in [-0.1, -0.05) is 13.8 Å². The maximum Gasteiger partial charge on any atom is 0.244 e. The maximum absolute atomic E-state index is 12.1. The van der Waals surface area contributed by atoms with E-state index in [4.69, 9.17) is 0 Å². The molecule has 1 N–H and O–H groups in total. The minimum Gasteiger partial charge on any atom is -0.357 e. The summed E-state index contributed by atoms with van der Waals surface area (Å²) in [4.78, 5) is 29.7. The zero-order chi connectivity index (χ0) is 13.3. The molecule has 0 fully saturated rings. The summed E-state index contributed by atoms with van der Waals surface area (Å²) in [5, 5.41) is 2.63. The standard InChI is InChI=1S/C12H18N4O2/c1-8(2)12(18)15-5-9-4-14-7-16(9)10(6-15)11(17)13-3/h4,7-8,10H,5-6H2,1-3H3,(H,13,17)/t10-/m0/s1. The molecule has 0 aliphatic carbocycles. The van der Waals surface area contributed by atoms with Crippen LogP contribution in [-0.2, 0) is 16.1 Å². The van der Waals surface area contributed by atoms with Crippen molar-refractivity contribution in [3.8, 4) is 0 Å². The minimum absolute atomic E-state index is 0.0650. The van der Waals surface area contributed by atoms with E-state index in [1.165, 1.54) is 0 Å². The van der Waals surface area contributed by atoms with E-state index < -0.39 is 0 Å². The van der Waals surface area contributed by atoms with Crippen LogP contribution in [0, 0.1) is 5.92 Å². The molecule has 2 heterocycles. The molecule has 6 nitrogen and oxygen atoms in total. The lowest BCUT2D eigenvalue weighted by molar-refractivity contribution is -0.138. The van der Waals surface area contributed by atoms with Gasteiger partial charge in [0.2, 0.25) is 11.8 Å². The lowest BCUT2D eigenvalue weighted by atomic mass is 10.1. The van der Waals surface area contributed by atoms with Crippen LogP contribution in [-0.4, -0.2) is 39.9 Å². The first-order chi connectivity index (χ1) is 8.54. The van der Waals surface area contributed by atoms with E-state index in [0.29, 0.717) is 13.1 Å². The zero-order valence-electron chi connectivity index (χ0n) is 10.9. The highest BCUT2D eigenvalue weighted by Crippen LogP contribution is 2.22. The summed E-state index contributed by atoms with van der Waals surface area (Å²) in [6.45, 7) is 4.65. The van der Waals surface area contributed by atoms with E-state index in [2.05, 4.69) is 10.3 Å². The third kappa shape index (κ3) is 2.10. The molecule has 0 saturated carbocycles. The third-order valence-corrected chi connectivity index (χ3v) is 3.18. The molecule has 2 rings (SSSR count). The van der Waals surface area contributed by atoms with E-state index in [-0.39, 0.29) is 23.8 Å². The molecule has 2 amide bonds. The number of aromatic nitrogens is 2. The molecule has 1 aliphatic heterocycles. The third-order valence-electron chi connectivity index (χ3n) is 3.18. The van der Waals surface area contributed by atoms with Crippen molar-refractivity contribution in [2.45, 2.75) is 26.4 Å². The molecule has 0 bridgehead atoms. The second-order valence-electron chi connectivity index (χ2n) is 4.80. The van der Waals surface area contributed by atoms with Crippen molar-refractivity contribution in [1.29, 1.82) is 0 Å². The number of fused-ring (bicyclic) bond motifs is 1. The largest absolute Gasteiger partial charge is 0.357 e. The summed E-state index contributed by atoms with van der Waals surface area (Å²) < 4.78 is 1.84. The number of hydrogen-bond donors (Lipinski definition) is 1. The molecule has 98 valence electrons. The molecule has 0 saturated heterocycles. The predicted octanol–water partition coefficient (Wildman–Crippen LogP) is 0.168. The number of carbonyl (C=O) groups is 2. The van der Waals surface area contributed by atoms with E-state index in [1.54, 1.807) is 24.5 Å². The number of hydrogen-bond acceptors (Lipinski definition) is 3. The van der Waals surface area contributed by atoms with E-state index in [9.17, 15) is 9.59 Å². The number of likely N-dealkylation sites (N-methyl/N-ethyl adjacent to an activating group) is 1. The highest BCUT2D eigenvalue weighted by Gasteiger charge is 2.32. The fraction of sp³-hybridized carbons (Fsp3) is 0.583. The highest BCUT2D eigenvalue weighted by molar-refractivity contribution is 5.83. The smallest absolute Gasteiger partial charge is 0.244 e. The molecule has 0 unspecified atom stereocenters. The van der Waals surface area contributed by atoms with Crippen LogP contribution in [0.5, 0.6) is 0 Å². The first kappa shape index (κ1) is 12.6. The molecule has 0 radical (unpaired) electrons. The Balaban J connectivity index is 2.28. The Hall–Kier alpha value is -1.85. The van der Waals surface area contributed by atoms with Crippen LogP contribution >= 0.6 is 0 Å². The summed E-state index contributed by atoms with van der Waals surface area (Å²) in [5.41, 5.74) is 0.892. The number of rotatable bonds is 2. The second-order valence-corrected chi connectivity index (χ2v) is 4.80. The van der Waals surface area contributed by atoms with E-state index in [0.717, 1.165) is 5.69 Å². The van der Waals surface area contributed by atoms with Crippen molar-refractivity contribution < 1.29 is 9.59 Å². The molecule has 1 aromatic heterocycles. The lowest BCUT2D eigenvalue weighted by Crippen LogP contribution is -2.47. The average molecular weight is 250 g/mol. The molecular weight excluding hydrogens is 232 g/mol. The molecule has 0 aromatic carbocycles. The van der Waals surface area contributed by atoms with E-state index >= 15 is 0 Å². The van der Waals surface area contributed by atoms with Crippen molar-refractivity contribution in [2.24, 2.45) is 5.92 Å². The molecule has 1 aromatic rings. The van der Waals surface area contributed by atoms with Gasteiger partial charge in [0, 0.05) is 19.2 Å². The van der Waals surface area contributed by atoms with Crippen molar-refractivity contribution >= 4 is 11.8 Å². The van der Waals surface area contributed by atoms with E-state index in [1.807, 2.05) is 18.4 Å². The van der Waals surface area contributed by atoms with Gasteiger partial charge < -0.3 is 14.8 Å². The van der Waals surface area contributed by atoms with Crippen molar-refractivity contribution in [2.75, 3.05) is 13.6 Å². The van der Waals surface area contributed by atoms with Gasteiger partial charge in [-0.2, -0.15) is 0 Å². The van der Waals surface area contributed by atoms with Crippen molar-refractivity contribution in [1.82, 2.24) is 19.8 Å². The second kappa shape index (κ2) is 4.80. The van der Waals surface area contributed by atoms with Crippen LogP contribution in [0.3, 0.4) is 0 Å². The van der Waals surface area contributed by atoms with Crippen molar-refractivity contribution in [3.63, 3.8) is 0 Å². The normalized spacial score (nSPS) is 18.7. The number of amides is 2. The Morgan fingerprint density at radius 3 is 2.83 bits per heavy atom. The van der Waals surface area contributed by atoms with Gasteiger partial charge in [0.25, 0.3) is 0 Å². The fourth-order valence-electron chi connectivity index (χ4n) is 2.20. The Morgan fingerprint density at radius 2 is 2.22 bits per heavy atom. The number of imidazole rings is 1. The summed E-state index contributed by atoms with van der Waals surface area (Å²) >= 11 is 0. The highest BCUT2D eigenvalue weighted by atomic mass is 16.2. The average Bonchev–Trinajstić information content (AvgIpc) is 2.83. The van der Waals surface area contributed by atoms with Crippen LogP contribution in [0.25, 0.3) is 0 Å². The number of nitrogens with zero attached hydrogens (tertiary/aromatic N) is 3. The van der Waals surface area contributed by atoms with Crippen LogP contribution in [0.15, 0.2) is 12.5 Å². The topological polar surface area (TPSA) is 67.2 Å². The van der Waals surface area contributed by atoms with Gasteiger partial charge in [0.15, 0.2) is 0 Å². The molecule has 1 aliphatic rings. The summed E-state index contributed by atoms with van der Waals surface area (Å²) in [7, 11) is 1.60. The Bertz CT molecular complexity index is 466. The van der Waals surface area contributed by atoms with Crippen LogP contribution in [0.4, 0.5) is 0 Å².